The first kappa shape index (κ1) is 15.7. The molecule has 0 unspecified atom stereocenters. The Morgan fingerprint density at radius 2 is 1.00 bits per heavy atom. The smallest absolute Gasteiger partial charge is 0 e. The molecule has 0 atom stereocenters. The van der Waals surface area contributed by atoms with Crippen LogP contribution in [0.15, 0.2) is 0 Å². The van der Waals surface area contributed by atoms with Gasteiger partial charge in [-0.1, -0.05) is 0 Å². The molecule has 0 aliphatic rings. The average Bonchev–Trinajstić information content (AvgIpc) is 0.811. The van der Waals surface area contributed by atoms with Gasteiger partial charge in [-0.3, -0.25) is 0 Å². The molecule has 0 saturated carbocycles. The van der Waals surface area contributed by atoms with Gasteiger partial charge in [-0.05, 0) is 0 Å². The van der Waals surface area contributed by atoms with E-state index in [4.69, 9.17) is 15.1 Å². The maximum Gasteiger partial charge on any atom is 0 e. The topological polar surface area (TPSA) is 60.7 Å². The predicted octanol–water partition coefficient (Wildman–Crippen LogP) is -2.70. The molecule has 0 aromatic heterocycles. The summed E-state index contributed by atoms with van der Waals surface area (Å²) in [5, 5.41) is 21.5. The minimum atomic E-state index is -2.17. The van der Waals surface area contributed by atoms with Crippen LogP contribution in [0.3, 0.4) is 0 Å². The third-order valence-corrected chi connectivity index (χ3v) is 0. The molecule has 3 nitrogen and oxygen atoms in total. The van der Waals surface area contributed by atoms with Gasteiger partial charge >= 0.3 is 36.9 Å². The van der Waals surface area contributed by atoms with Gasteiger partial charge in [-0.2, -0.15) is 0 Å². The summed E-state index contributed by atoms with van der Waals surface area (Å²) < 4.78 is 0. The van der Waals surface area contributed by atoms with E-state index in [9.17, 15) is 0 Å². The molecule has 0 spiro atoms. The predicted molar refractivity (Wildman–Crippen MR) is 19.6 cm³/mol. The molecule has 32 valence electrons. The molecule has 0 heterocycles. The second-order valence-corrected chi connectivity index (χ2v) is 0.346. The van der Waals surface area contributed by atoms with Crippen molar-refractivity contribution >= 4 is 36.9 Å². The van der Waals surface area contributed by atoms with Crippen molar-refractivity contribution in [3.05, 3.63) is 0 Å². The monoisotopic (exact) mass is 238 g/mol. The van der Waals surface area contributed by atoms with E-state index in [0.717, 1.165) is 0 Å². The average molecular weight is 236 g/mol. The molecule has 0 aliphatic carbocycles. The zero-order chi connectivity index (χ0) is 3.58. The van der Waals surface area contributed by atoms with E-state index in [-0.39, 0.29) is 69.9 Å². The van der Waals surface area contributed by atoms with E-state index in [1.807, 2.05) is 0 Å². The second-order valence-electron chi connectivity index (χ2n) is 0.346. The third-order valence-electron chi connectivity index (χ3n) is 0. The van der Waals surface area contributed by atoms with Gasteiger partial charge in [0.1, 0.15) is 0 Å². The van der Waals surface area contributed by atoms with E-state index in [1.165, 1.54) is 0 Å². The maximum atomic E-state index is 7.17. The Balaban J connectivity index is -0.0000000450. The van der Waals surface area contributed by atoms with Crippen LogP contribution in [0, 0.1) is 40.4 Å². The minimum absolute atomic E-state index is 0. The normalized spacial score (nSPS) is 4.50. The van der Waals surface area contributed by atoms with Gasteiger partial charge in [0.15, 0.2) is 0 Å². The van der Waals surface area contributed by atoms with Crippen LogP contribution in [-0.4, -0.2) is 52.0 Å². The molecule has 0 fully saturated rings. The molecule has 0 saturated heterocycles. The summed E-state index contributed by atoms with van der Waals surface area (Å²) in [5.74, 6) is 0. The van der Waals surface area contributed by atoms with Crippen LogP contribution >= 0.6 is 0 Å². The van der Waals surface area contributed by atoms with E-state index in [0.29, 0.717) is 0 Å². The molecule has 0 rings (SSSR count). The Bertz CT molecular complexity index is 15.5. The Hall–Kier alpha value is 2.28. The van der Waals surface area contributed by atoms with E-state index < -0.39 is 7.32 Å². The molecule has 0 bridgehead atoms. The maximum absolute atomic E-state index is 7.17. The van der Waals surface area contributed by atoms with Crippen molar-refractivity contribution in [2.24, 2.45) is 0 Å². The van der Waals surface area contributed by atoms with E-state index in [2.05, 4.69) is 0 Å². The van der Waals surface area contributed by atoms with Crippen molar-refractivity contribution in [3.8, 4) is 0 Å². The number of rotatable bonds is 0. The fourth-order valence-corrected chi connectivity index (χ4v) is 0. The molecule has 0 radical (unpaired) electrons. The van der Waals surface area contributed by atoms with Crippen LogP contribution in [-0.2, 0) is 0 Å². The fraction of sp³-hybridized carbons (Fsp3) is 0. The summed E-state index contributed by atoms with van der Waals surface area (Å²) in [4.78, 5) is 0. The summed E-state index contributed by atoms with van der Waals surface area (Å²) in [6.45, 7) is 0. The Kier molecular flexibility index (Phi) is 27.0. The Labute approximate surface area is 90.7 Å². The van der Waals surface area contributed by atoms with Gasteiger partial charge in [0.25, 0.3) is 0 Å². The Morgan fingerprint density at radius 1 is 1.00 bits per heavy atom. The SMILES string of the molecule is OB(O)O.[NaH].[Sm]. The second kappa shape index (κ2) is 10.3. The van der Waals surface area contributed by atoms with Crippen molar-refractivity contribution < 1.29 is 55.5 Å². The van der Waals surface area contributed by atoms with Gasteiger partial charge in [-0.15, -0.1) is 0 Å². The van der Waals surface area contributed by atoms with Crippen LogP contribution in [0.25, 0.3) is 0 Å². The molecule has 0 aromatic carbocycles. The fourth-order valence-electron chi connectivity index (χ4n) is 0. The van der Waals surface area contributed by atoms with Crippen LogP contribution in [0.1, 0.15) is 0 Å². The Morgan fingerprint density at radius 3 is 1.00 bits per heavy atom. The van der Waals surface area contributed by atoms with Crippen LogP contribution in [0.2, 0.25) is 0 Å². The molecule has 0 aliphatic heterocycles. The van der Waals surface area contributed by atoms with Gasteiger partial charge < -0.3 is 15.1 Å². The minimum Gasteiger partial charge on any atom is 0 e. The number of hydrogen-bond acceptors (Lipinski definition) is 3. The van der Waals surface area contributed by atoms with Gasteiger partial charge in [0, 0.05) is 40.4 Å². The molecule has 3 N–H and O–H groups in total. The van der Waals surface area contributed by atoms with Crippen molar-refractivity contribution in [2.45, 2.75) is 0 Å². The van der Waals surface area contributed by atoms with Gasteiger partial charge in [-0.25, -0.2) is 0 Å². The van der Waals surface area contributed by atoms with Gasteiger partial charge in [0.2, 0.25) is 0 Å². The van der Waals surface area contributed by atoms with Crippen molar-refractivity contribution in [1.29, 1.82) is 0 Å². The summed E-state index contributed by atoms with van der Waals surface area (Å²) in [6.07, 6.45) is 0. The summed E-state index contributed by atoms with van der Waals surface area (Å²) in [5.41, 5.74) is 0. The van der Waals surface area contributed by atoms with Crippen molar-refractivity contribution in [2.75, 3.05) is 0 Å². The van der Waals surface area contributed by atoms with Crippen LogP contribution in [0.4, 0.5) is 0 Å². The molecule has 6 heavy (non-hydrogen) atoms. The zero-order valence-electron chi connectivity index (χ0n) is 2.33. The molecule has 0 amide bonds. The molecular formula is H4BNaO3Sm. The summed E-state index contributed by atoms with van der Waals surface area (Å²) in [6, 6.07) is 0. The molecule has 0 aromatic rings. The van der Waals surface area contributed by atoms with E-state index >= 15 is 0 Å². The quantitative estimate of drug-likeness (QED) is 0.401. The first-order chi connectivity index (χ1) is 1.73. The van der Waals surface area contributed by atoms with Crippen molar-refractivity contribution in [3.63, 3.8) is 0 Å². The molecule has 6 heteroatoms. The first-order valence-electron chi connectivity index (χ1n) is 0.775. The molecular weight excluding hydrogens is 232 g/mol. The first-order valence-corrected chi connectivity index (χ1v) is 0.775. The zero-order valence-corrected chi connectivity index (χ0v) is 4.95. The number of hydrogen-bond donors (Lipinski definition) is 3. The third kappa shape index (κ3) is 33.6. The summed E-state index contributed by atoms with van der Waals surface area (Å²) >= 11 is 0. The largest absolute Gasteiger partial charge is 0 e. The summed E-state index contributed by atoms with van der Waals surface area (Å²) in [7, 11) is -2.17. The van der Waals surface area contributed by atoms with Crippen LogP contribution < -0.4 is 0 Å². The van der Waals surface area contributed by atoms with E-state index in [1.54, 1.807) is 0 Å². The standard InChI is InChI=1S/BH3O3.Na.Sm.H/c2-1(3)4;;;/h2-4H;;;. The van der Waals surface area contributed by atoms with Crippen LogP contribution in [0.5, 0.6) is 0 Å². The van der Waals surface area contributed by atoms with Crippen molar-refractivity contribution in [1.82, 2.24) is 0 Å². The van der Waals surface area contributed by atoms with Gasteiger partial charge in [0.05, 0.1) is 0 Å².